The van der Waals surface area contributed by atoms with Gasteiger partial charge in [0.15, 0.2) is 0 Å². The van der Waals surface area contributed by atoms with Crippen LogP contribution in [0, 0.1) is 6.92 Å². The number of hydrogen-bond acceptors (Lipinski definition) is 6. The molecule has 0 aliphatic carbocycles. The maximum absolute atomic E-state index is 13.6. The third-order valence-corrected chi connectivity index (χ3v) is 5.93. The average molecular weight is 424 g/mol. The second kappa shape index (κ2) is 7.79. The van der Waals surface area contributed by atoms with Crippen molar-refractivity contribution >= 4 is 27.5 Å². The molecule has 3 aromatic heterocycles. The lowest BCUT2D eigenvalue weighted by Gasteiger charge is -2.11. The van der Waals surface area contributed by atoms with E-state index in [0.717, 1.165) is 16.0 Å². The molecular weight excluding hydrogens is 404 g/mol. The zero-order chi connectivity index (χ0) is 21.4. The fourth-order valence-corrected chi connectivity index (χ4v) is 4.58. The van der Waals surface area contributed by atoms with Crippen molar-refractivity contribution in [2.45, 2.75) is 26.8 Å². The molecule has 0 spiro atoms. The highest BCUT2D eigenvalue weighted by molar-refractivity contribution is 7.19. The minimum atomic E-state index is -1.15. The Morgan fingerprint density at radius 2 is 2.10 bits per heavy atom. The summed E-state index contributed by atoms with van der Waals surface area (Å²) < 4.78 is 12.3. The van der Waals surface area contributed by atoms with Gasteiger partial charge in [0.05, 0.1) is 19.0 Å². The minimum absolute atomic E-state index is 0.116. The summed E-state index contributed by atoms with van der Waals surface area (Å²) >= 11 is 1.49. The molecule has 0 aliphatic rings. The van der Waals surface area contributed by atoms with Crippen molar-refractivity contribution in [3.8, 4) is 16.9 Å². The van der Waals surface area contributed by atoms with Gasteiger partial charge in [-0.1, -0.05) is 19.1 Å². The normalized spacial score (nSPS) is 11.2. The number of furan rings is 1. The molecule has 4 aromatic rings. The van der Waals surface area contributed by atoms with E-state index in [4.69, 9.17) is 19.2 Å². The van der Waals surface area contributed by atoms with Gasteiger partial charge in [0.2, 0.25) is 5.76 Å². The molecule has 8 heteroatoms. The Bertz CT molecular complexity index is 1320. The number of benzene rings is 1. The minimum Gasteiger partial charge on any atom is -0.497 e. The molecule has 1 N–H and O–H groups in total. The average Bonchev–Trinajstić information content (AvgIpc) is 3.34. The van der Waals surface area contributed by atoms with Gasteiger partial charge in [-0.2, -0.15) is 0 Å². The predicted octanol–water partition coefficient (Wildman–Crippen LogP) is 4.34. The number of thiophene rings is 1. The Morgan fingerprint density at radius 3 is 2.77 bits per heavy atom. The number of carboxylic acids is 1. The summed E-state index contributed by atoms with van der Waals surface area (Å²) in [5.74, 6) is 0.418. The largest absolute Gasteiger partial charge is 0.497 e. The number of fused-ring (bicyclic) bond motifs is 1. The molecule has 1 aromatic carbocycles. The number of aromatic nitrogens is 2. The van der Waals surface area contributed by atoms with E-state index in [1.165, 1.54) is 17.4 Å². The molecule has 0 saturated carbocycles. The van der Waals surface area contributed by atoms with Crippen LogP contribution in [0.4, 0.5) is 0 Å². The van der Waals surface area contributed by atoms with Crippen LogP contribution in [0.15, 0.2) is 45.6 Å². The van der Waals surface area contributed by atoms with Gasteiger partial charge in [-0.25, -0.2) is 9.78 Å². The van der Waals surface area contributed by atoms with E-state index < -0.39 is 5.97 Å². The third kappa shape index (κ3) is 3.39. The maximum Gasteiger partial charge on any atom is 0.371 e. The number of carbonyl (C=O) groups is 1. The number of nitrogens with zero attached hydrogens (tertiary/aromatic N) is 2. The number of aromatic carboxylic acids is 1. The molecule has 0 radical (unpaired) electrons. The molecule has 7 nitrogen and oxygen atoms in total. The Kier molecular flexibility index (Phi) is 5.17. The van der Waals surface area contributed by atoms with Gasteiger partial charge < -0.3 is 14.3 Å². The van der Waals surface area contributed by atoms with Crippen molar-refractivity contribution in [1.29, 1.82) is 0 Å². The zero-order valence-corrected chi connectivity index (χ0v) is 17.6. The van der Waals surface area contributed by atoms with Crippen molar-refractivity contribution in [3.05, 3.63) is 69.0 Å². The highest BCUT2D eigenvalue weighted by atomic mass is 32.1. The molecule has 0 fully saturated rings. The molecule has 0 atom stereocenters. The Morgan fingerprint density at radius 1 is 1.30 bits per heavy atom. The van der Waals surface area contributed by atoms with Crippen molar-refractivity contribution < 1.29 is 19.1 Å². The van der Waals surface area contributed by atoms with E-state index >= 15 is 0 Å². The van der Waals surface area contributed by atoms with Crippen LogP contribution in [0.1, 0.15) is 33.9 Å². The second-order valence-electron chi connectivity index (χ2n) is 6.79. The van der Waals surface area contributed by atoms with Crippen LogP contribution in [-0.2, 0) is 13.0 Å². The molecule has 0 saturated heterocycles. The standard InChI is InChI=1S/C22H20N2O5S/c1-4-17-23-20-19(18(12(2)30-20)13-6-5-7-14(10-13)28-3)21(25)24(17)11-15-8-9-16(29-15)22(26)27/h5-10H,4,11H2,1-3H3,(H,26,27). The molecule has 154 valence electrons. The van der Waals surface area contributed by atoms with Gasteiger partial charge in [0.25, 0.3) is 5.56 Å². The SMILES string of the molecule is CCc1nc2sc(C)c(-c3cccc(OC)c3)c2c(=O)n1Cc1ccc(C(=O)O)o1. The number of hydrogen-bond donors (Lipinski definition) is 1. The number of ether oxygens (including phenoxy) is 1. The van der Waals surface area contributed by atoms with Gasteiger partial charge in [0.1, 0.15) is 22.2 Å². The van der Waals surface area contributed by atoms with Crippen molar-refractivity contribution in [2.75, 3.05) is 7.11 Å². The van der Waals surface area contributed by atoms with Gasteiger partial charge in [-0.15, -0.1) is 11.3 Å². The van der Waals surface area contributed by atoms with Crippen LogP contribution in [0.25, 0.3) is 21.3 Å². The monoisotopic (exact) mass is 424 g/mol. The first kappa shape index (κ1) is 19.9. The molecule has 4 rings (SSSR count). The van der Waals surface area contributed by atoms with E-state index in [1.807, 2.05) is 38.1 Å². The number of rotatable bonds is 6. The smallest absolute Gasteiger partial charge is 0.371 e. The van der Waals surface area contributed by atoms with E-state index in [-0.39, 0.29) is 17.9 Å². The van der Waals surface area contributed by atoms with E-state index in [0.29, 0.717) is 34.0 Å². The lowest BCUT2D eigenvalue weighted by atomic mass is 10.0. The molecule has 30 heavy (non-hydrogen) atoms. The van der Waals surface area contributed by atoms with Gasteiger partial charge in [0, 0.05) is 16.9 Å². The van der Waals surface area contributed by atoms with E-state index in [9.17, 15) is 9.59 Å². The van der Waals surface area contributed by atoms with Crippen LogP contribution in [0.5, 0.6) is 5.75 Å². The lowest BCUT2D eigenvalue weighted by Crippen LogP contribution is -2.25. The Balaban J connectivity index is 1.91. The number of aryl methyl sites for hydroxylation is 2. The molecular formula is C22H20N2O5S. The van der Waals surface area contributed by atoms with Crippen LogP contribution >= 0.6 is 11.3 Å². The van der Waals surface area contributed by atoms with Crippen LogP contribution in [0.3, 0.4) is 0 Å². The predicted molar refractivity (Wildman–Crippen MR) is 115 cm³/mol. The van der Waals surface area contributed by atoms with Crippen molar-refractivity contribution in [2.24, 2.45) is 0 Å². The number of methoxy groups -OCH3 is 1. The topological polar surface area (TPSA) is 94.6 Å². The molecule has 0 unspecified atom stereocenters. The van der Waals surface area contributed by atoms with E-state index in [1.54, 1.807) is 17.7 Å². The maximum atomic E-state index is 13.6. The van der Waals surface area contributed by atoms with E-state index in [2.05, 4.69) is 0 Å². The molecule has 0 bridgehead atoms. The van der Waals surface area contributed by atoms with Gasteiger partial charge in [-0.05, 0) is 36.8 Å². The summed E-state index contributed by atoms with van der Waals surface area (Å²) in [5, 5.41) is 9.63. The molecule has 0 aliphatic heterocycles. The quantitative estimate of drug-likeness (QED) is 0.495. The first-order valence-corrected chi connectivity index (χ1v) is 10.2. The Hall–Kier alpha value is -3.39. The van der Waals surface area contributed by atoms with Crippen LogP contribution in [0.2, 0.25) is 0 Å². The zero-order valence-electron chi connectivity index (χ0n) is 16.8. The molecule has 0 amide bonds. The summed E-state index contributed by atoms with van der Waals surface area (Å²) in [6.45, 7) is 4.02. The third-order valence-electron chi connectivity index (χ3n) is 4.93. The lowest BCUT2D eigenvalue weighted by molar-refractivity contribution is 0.0660. The number of carboxylic acid groups (broad SMARTS) is 1. The summed E-state index contributed by atoms with van der Waals surface area (Å²) in [4.78, 5) is 31.1. The van der Waals surface area contributed by atoms with Crippen molar-refractivity contribution in [1.82, 2.24) is 9.55 Å². The fourth-order valence-electron chi connectivity index (χ4n) is 3.53. The van der Waals surface area contributed by atoms with Crippen LogP contribution < -0.4 is 10.3 Å². The van der Waals surface area contributed by atoms with Crippen molar-refractivity contribution in [3.63, 3.8) is 0 Å². The van der Waals surface area contributed by atoms with Gasteiger partial charge >= 0.3 is 5.97 Å². The van der Waals surface area contributed by atoms with Gasteiger partial charge in [-0.3, -0.25) is 9.36 Å². The second-order valence-corrected chi connectivity index (χ2v) is 7.99. The fraction of sp³-hybridized carbons (Fsp3) is 0.227. The Labute approximate surface area is 176 Å². The summed E-state index contributed by atoms with van der Waals surface area (Å²) in [5.41, 5.74) is 1.56. The summed E-state index contributed by atoms with van der Waals surface area (Å²) in [7, 11) is 1.61. The van der Waals surface area contributed by atoms with Crippen LogP contribution in [-0.4, -0.2) is 27.7 Å². The summed E-state index contributed by atoms with van der Waals surface area (Å²) in [6, 6.07) is 10.5. The molecule has 3 heterocycles. The first-order chi connectivity index (χ1) is 14.4. The highest BCUT2D eigenvalue weighted by Crippen LogP contribution is 2.37. The first-order valence-electron chi connectivity index (χ1n) is 9.42. The summed E-state index contributed by atoms with van der Waals surface area (Å²) in [6.07, 6.45) is 0.559. The highest BCUT2D eigenvalue weighted by Gasteiger charge is 2.20.